The molecule has 26 heavy (non-hydrogen) atoms. The van der Waals surface area contributed by atoms with Crippen molar-refractivity contribution in [1.29, 1.82) is 0 Å². The van der Waals surface area contributed by atoms with Crippen molar-refractivity contribution in [3.8, 4) is 5.75 Å². The summed E-state index contributed by atoms with van der Waals surface area (Å²) in [4.78, 5) is 16.6. The number of carbonyl (C=O) groups is 1. The van der Waals surface area contributed by atoms with E-state index in [0.717, 1.165) is 25.4 Å². The summed E-state index contributed by atoms with van der Waals surface area (Å²) < 4.78 is 19.0. The van der Waals surface area contributed by atoms with Gasteiger partial charge in [0.15, 0.2) is 0 Å². The van der Waals surface area contributed by atoms with Gasteiger partial charge in [0, 0.05) is 32.2 Å². The maximum Gasteiger partial charge on any atom is 0.322 e. The van der Waals surface area contributed by atoms with Crippen LogP contribution in [0.3, 0.4) is 0 Å². The third kappa shape index (κ3) is 4.32. The summed E-state index contributed by atoms with van der Waals surface area (Å²) in [6.07, 6.45) is 0. The molecule has 2 amide bonds. The van der Waals surface area contributed by atoms with E-state index < -0.39 is 5.82 Å². The Morgan fingerprint density at radius 3 is 2.77 bits per heavy atom. The van der Waals surface area contributed by atoms with Crippen LogP contribution in [0.1, 0.15) is 12.5 Å². The Balaban J connectivity index is 1.57. The molecule has 1 heterocycles. The number of ether oxygens (including phenoxy) is 1. The maximum absolute atomic E-state index is 13.7. The van der Waals surface area contributed by atoms with Crippen LogP contribution in [0.15, 0.2) is 48.5 Å². The average Bonchev–Trinajstić information content (AvgIpc) is 2.64. The van der Waals surface area contributed by atoms with Crippen LogP contribution in [0.5, 0.6) is 5.75 Å². The highest BCUT2D eigenvalue weighted by atomic mass is 19.1. The van der Waals surface area contributed by atoms with Crippen molar-refractivity contribution in [1.82, 2.24) is 9.80 Å². The first-order chi connectivity index (χ1) is 12.6. The standard InChI is InChI=1S/C20H24FN3O2/c1-15-13-23(14-16-6-5-7-17(12-16)26-2)10-11-24(15)20(25)22-19-9-4-3-8-18(19)21/h3-9,12,15H,10-11,13-14H2,1-2H3,(H,22,25)/t15-/m0/s1. The SMILES string of the molecule is COc1cccc(CN2CCN(C(=O)Nc3ccccc3F)[C@@H](C)C2)c1. The van der Waals surface area contributed by atoms with Crippen LogP contribution in [0.4, 0.5) is 14.9 Å². The molecule has 0 saturated carbocycles. The summed E-state index contributed by atoms with van der Waals surface area (Å²) >= 11 is 0. The van der Waals surface area contributed by atoms with Crippen molar-refractivity contribution >= 4 is 11.7 Å². The van der Waals surface area contributed by atoms with E-state index in [1.54, 1.807) is 30.2 Å². The molecule has 138 valence electrons. The number of rotatable bonds is 4. The quantitative estimate of drug-likeness (QED) is 0.910. The summed E-state index contributed by atoms with van der Waals surface area (Å²) in [5.41, 5.74) is 1.39. The lowest BCUT2D eigenvalue weighted by Gasteiger charge is -2.39. The molecule has 0 spiro atoms. The van der Waals surface area contributed by atoms with Crippen molar-refractivity contribution in [3.05, 3.63) is 59.9 Å². The van der Waals surface area contributed by atoms with Crippen LogP contribution in [0, 0.1) is 5.82 Å². The molecular formula is C20H24FN3O2. The lowest BCUT2D eigenvalue weighted by Crippen LogP contribution is -2.54. The van der Waals surface area contributed by atoms with Crippen LogP contribution in [0.2, 0.25) is 0 Å². The zero-order valence-electron chi connectivity index (χ0n) is 15.1. The van der Waals surface area contributed by atoms with Crippen LogP contribution >= 0.6 is 0 Å². The highest BCUT2D eigenvalue weighted by Gasteiger charge is 2.27. The fraction of sp³-hybridized carbons (Fsp3) is 0.350. The molecule has 0 unspecified atom stereocenters. The zero-order chi connectivity index (χ0) is 18.5. The number of methoxy groups -OCH3 is 1. The first kappa shape index (κ1) is 18.2. The van der Waals surface area contributed by atoms with Crippen LogP contribution < -0.4 is 10.1 Å². The normalized spacial score (nSPS) is 17.8. The van der Waals surface area contributed by atoms with E-state index in [1.165, 1.54) is 11.6 Å². The molecule has 1 atom stereocenters. The van der Waals surface area contributed by atoms with Gasteiger partial charge >= 0.3 is 6.03 Å². The summed E-state index contributed by atoms with van der Waals surface area (Å²) in [6, 6.07) is 14.0. The van der Waals surface area contributed by atoms with Gasteiger partial charge in [-0.1, -0.05) is 24.3 Å². The molecule has 3 rings (SSSR count). The molecule has 2 aromatic carbocycles. The fourth-order valence-electron chi connectivity index (χ4n) is 3.26. The molecule has 0 aliphatic carbocycles. The number of nitrogens with one attached hydrogen (secondary N) is 1. The van der Waals surface area contributed by atoms with Gasteiger partial charge in [-0.05, 0) is 36.8 Å². The van der Waals surface area contributed by atoms with Crippen molar-refractivity contribution in [2.45, 2.75) is 19.5 Å². The monoisotopic (exact) mass is 357 g/mol. The van der Waals surface area contributed by atoms with Gasteiger partial charge in [-0.25, -0.2) is 9.18 Å². The van der Waals surface area contributed by atoms with Gasteiger partial charge in [-0.2, -0.15) is 0 Å². The lowest BCUT2D eigenvalue weighted by molar-refractivity contribution is 0.104. The molecule has 0 radical (unpaired) electrons. The summed E-state index contributed by atoms with van der Waals surface area (Å²) in [7, 11) is 1.66. The van der Waals surface area contributed by atoms with E-state index in [0.29, 0.717) is 6.54 Å². The van der Waals surface area contributed by atoms with Gasteiger partial charge in [0.05, 0.1) is 12.8 Å². The Morgan fingerprint density at radius 2 is 2.04 bits per heavy atom. The predicted octanol–water partition coefficient (Wildman–Crippen LogP) is 3.57. The molecule has 0 bridgehead atoms. The van der Waals surface area contributed by atoms with Gasteiger partial charge in [0.2, 0.25) is 0 Å². The number of benzene rings is 2. The minimum Gasteiger partial charge on any atom is -0.497 e. The van der Waals surface area contributed by atoms with Crippen molar-refractivity contribution < 1.29 is 13.9 Å². The number of urea groups is 1. The van der Waals surface area contributed by atoms with E-state index >= 15 is 0 Å². The van der Waals surface area contributed by atoms with Gasteiger partial charge in [0.1, 0.15) is 11.6 Å². The minimum absolute atomic E-state index is 0.0427. The van der Waals surface area contributed by atoms with Gasteiger partial charge < -0.3 is 15.0 Å². The molecule has 2 aromatic rings. The summed E-state index contributed by atoms with van der Waals surface area (Å²) in [5, 5.41) is 2.67. The number of nitrogens with zero attached hydrogens (tertiary/aromatic N) is 2. The molecule has 5 nitrogen and oxygen atoms in total. The van der Waals surface area contributed by atoms with Crippen molar-refractivity contribution in [2.24, 2.45) is 0 Å². The van der Waals surface area contributed by atoms with E-state index in [-0.39, 0.29) is 17.8 Å². The molecule has 1 fully saturated rings. The summed E-state index contributed by atoms with van der Waals surface area (Å²) in [5.74, 6) is 0.420. The second-order valence-corrected chi connectivity index (χ2v) is 6.54. The maximum atomic E-state index is 13.7. The fourth-order valence-corrected chi connectivity index (χ4v) is 3.26. The number of amides is 2. The smallest absolute Gasteiger partial charge is 0.322 e. The van der Waals surface area contributed by atoms with E-state index in [1.807, 2.05) is 25.1 Å². The highest BCUT2D eigenvalue weighted by Crippen LogP contribution is 2.19. The largest absolute Gasteiger partial charge is 0.497 e. The van der Waals surface area contributed by atoms with E-state index in [2.05, 4.69) is 16.3 Å². The van der Waals surface area contributed by atoms with Crippen molar-refractivity contribution in [2.75, 3.05) is 32.1 Å². The average molecular weight is 357 g/mol. The zero-order valence-corrected chi connectivity index (χ0v) is 15.1. The Kier molecular flexibility index (Phi) is 5.73. The van der Waals surface area contributed by atoms with Gasteiger partial charge in [0.25, 0.3) is 0 Å². The van der Waals surface area contributed by atoms with E-state index in [9.17, 15) is 9.18 Å². The summed E-state index contributed by atoms with van der Waals surface area (Å²) in [6.45, 7) is 4.96. The van der Waals surface area contributed by atoms with Crippen LogP contribution in [-0.4, -0.2) is 48.6 Å². The number of piperazine rings is 1. The van der Waals surface area contributed by atoms with E-state index in [4.69, 9.17) is 4.74 Å². The van der Waals surface area contributed by atoms with Gasteiger partial charge in [-0.3, -0.25) is 4.90 Å². The minimum atomic E-state index is -0.426. The van der Waals surface area contributed by atoms with Crippen LogP contribution in [-0.2, 0) is 6.54 Å². The second-order valence-electron chi connectivity index (χ2n) is 6.54. The topological polar surface area (TPSA) is 44.8 Å². The predicted molar refractivity (Wildman–Crippen MR) is 99.9 cm³/mol. The first-order valence-electron chi connectivity index (χ1n) is 8.74. The third-order valence-corrected chi connectivity index (χ3v) is 4.63. The second kappa shape index (κ2) is 8.19. The Bertz CT molecular complexity index is 768. The van der Waals surface area contributed by atoms with Gasteiger partial charge in [-0.15, -0.1) is 0 Å². The Morgan fingerprint density at radius 1 is 1.23 bits per heavy atom. The third-order valence-electron chi connectivity index (χ3n) is 4.63. The number of halogens is 1. The number of hydrogen-bond acceptors (Lipinski definition) is 3. The molecular weight excluding hydrogens is 333 g/mol. The number of para-hydroxylation sites is 1. The molecule has 6 heteroatoms. The number of anilines is 1. The molecule has 1 aliphatic rings. The van der Waals surface area contributed by atoms with Crippen molar-refractivity contribution in [3.63, 3.8) is 0 Å². The number of carbonyl (C=O) groups excluding carboxylic acids is 1. The molecule has 0 aromatic heterocycles. The first-order valence-corrected chi connectivity index (χ1v) is 8.74. The highest BCUT2D eigenvalue weighted by molar-refractivity contribution is 5.89. The molecule has 1 N–H and O–H groups in total. The molecule has 1 aliphatic heterocycles. The number of hydrogen-bond donors (Lipinski definition) is 1. The van der Waals surface area contributed by atoms with Crippen LogP contribution in [0.25, 0.3) is 0 Å². The Labute approximate surface area is 153 Å². The molecule has 1 saturated heterocycles. The lowest BCUT2D eigenvalue weighted by atomic mass is 10.1. The Hall–Kier alpha value is -2.60.